The fourth-order valence-corrected chi connectivity index (χ4v) is 2.31. The first-order valence-corrected chi connectivity index (χ1v) is 7.16. The zero-order valence-corrected chi connectivity index (χ0v) is 11.4. The number of carbonyl (C=O) groups is 1. The van der Waals surface area contributed by atoms with Crippen LogP contribution in [-0.2, 0) is 4.79 Å². The largest absolute Gasteiger partial charge is 0.310 e. The summed E-state index contributed by atoms with van der Waals surface area (Å²) in [7, 11) is 0. The van der Waals surface area contributed by atoms with Crippen molar-refractivity contribution in [3.8, 4) is 6.19 Å². The number of hydrogen-bond acceptors (Lipinski definition) is 4. The summed E-state index contributed by atoms with van der Waals surface area (Å²) in [6, 6.07) is 7.48. The van der Waals surface area contributed by atoms with Crippen LogP contribution in [0.3, 0.4) is 0 Å². The summed E-state index contributed by atoms with van der Waals surface area (Å²) in [5, 5.41) is 11.7. The predicted molar refractivity (Wildman–Crippen MR) is 77.4 cm³/mol. The summed E-state index contributed by atoms with van der Waals surface area (Å²) in [6.45, 7) is 0.728. The minimum absolute atomic E-state index is 0.126. The van der Waals surface area contributed by atoms with Crippen LogP contribution < -0.4 is 10.2 Å². The predicted octanol–water partition coefficient (Wildman–Crippen LogP) is 2.23. The Hall–Kier alpha value is -2.00. The molecule has 0 saturated carbocycles. The Labute approximate surface area is 116 Å². The van der Waals surface area contributed by atoms with E-state index in [4.69, 9.17) is 5.26 Å². The lowest BCUT2D eigenvalue weighted by molar-refractivity contribution is -0.117. The fourth-order valence-electron chi connectivity index (χ4n) is 1.97. The van der Waals surface area contributed by atoms with Crippen molar-refractivity contribution in [3.05, 3.63) is 24.3 Å². The maximum absolute atomic E-state index is 11.8. The number of nitrogens with one attached hydrogen (secondary N) is 1. The van der Waals surface area contributed by atoms with E-state index in [2.05, 4.69) is 10.3 Å². The Morgan fingerprint density at radius 2 is 2.32 bits per heavy atom. The molecule has 98 valence electrons. The normalized spacial score (nSPS) is 15.5. The standard InChI is InChI=1S/C13H14N4OS/c1-19-13(15-9-14)16-10-5-2-3-6-11(10)17-8-4-7-12(17)18/h2-3,5-6H,4,7-8H2,1H3,(H,15,16). The van der Waals surface area contributed by atoms with E-state index in [0.29, 0.717) is 17.3 Å². The molecule has 1 saturated heterocycles. The van der Waals surface area contributed by atoms with Gasteiger partial charge in [0.25, 0.3) is 0 Å². The lowest BCUT2D eigenvalue weighted by Gasteiger charge is -2.17. The molecule has 1 aliphatic heterocycles. The van der Waals surface area contributed by atoms with E-state index >= 15 is 0 Å². The van der Waals surface area contributed by atoms with Gasteiger partial charge in [0.15, 0.2) is 11.4 Å². The second-order valence-corrected chi connectivity index (χ2v) is 4.79. The smallest absolute Gasteiger partial charge is 0.227 e. The van der Waals surface area contributed by atoms with Gasteiger partial charge in [-0.05, 0) is 24.8 Å². The van der Waals surface area contributed by atoms with Gasteiger partial charge in [0.05, 0.1) is 11.4 Å². The number of benzene rings is 1. The van der Waals surface area contributed by atoms with Crippen molar-refractivity contribution < 1.29 is 4.79 Å². The maximum atomic E-state index is 11.8. The minimum Gasteiger partial charge on any atom is -0.310 e. The number of rotatable bonds is 2. The Morgan fingerprint density at radius 3 is 2.95 bits per heavy atom. The van der Waals surface area contributed by atoms with Crippen LogP contribution in [0.15, 0.2) is 29.3 Å². The molecule has 1 aromatic carbocycles. The Balaban J connectivity index is 2.36. The zero-order valence-electron chi connectivity index (χ0n) is 10.6. The van der Waals surface area contributed by atoms with Gasteiger partial charge < -0.3 is 4.90 Å². The molecular formula is C13H14N4OS. The topological polar surface area (TPSA) is 68.5 Å². The number of aliphatic imine (C=N–C) groups is 1. The summed E-state index contributed by atoms with van der Waals surface area (Å²) in [6.07, 6.45) is 5.16. The number of amidine groups is 1. The van der Waals surface area contributed by atoms with Crippen LogP contribution in [0.5, 0.6) is 0 Å². The number of anilines is 1. The Bertz CT molecular complexity index is 550. The Kier molecular flexibility index (Phi) is 4.42. The van der Waals surface area contributed by atoms with Crippen molar-refractivity contribution in [2.24, 2.45) is 4.99 Å². The third-order valence-electron chi connectivity index (χ3n) is 2.82. The number of amides is 1. The van der Waals surface area contributed by atoms with Crippen LogP contribution in [0.1, 0.15) is 12.8 Å². The molecule has 5 nitrogen and oxygen atoms in total. The van der Waals surface area contributed by atoms with Crippen LogP contribution >= 0.6 is 11.8 Å². The van der Waals surface area contributed by atoms with Gasteiger partial charge in [-0.15, -0.1) is 0 Å². The van der Waals surface area contributed by atoms with E-state index in [1.54, 1.807) is 4.90 Å². The zero-order chi connectivity index (χ0) is 13.7. The van der Waals surface area contributed by atoms with Gasteiger partial charge in [-0.3, -0.25) is 10.1 Å². The lowest BCUT2D eigenvalue weighted by atomic mass is 10.2. The molecule has 6 heteroatoms. The van der Waals surface area contributed by atoms with Gasteiger partial charge in [-0.25, -0.2) is 4.99 Å². The number of thioether (sulfide) groups is 1. The van der Waals surface area contributed by atoms with Crippen LogP contribution in [0, 0.1) is 11.5 Å². The van der Waals surface area contributed by atoms with Crippen molar-refractivity contribution in [1.82, 2.24) is 5.32 Å². The maximum Gasteiger partial charge on any atom is 0.227 e. The second kappa shape index (κ2) is 6.25. The molecule has 2 rings (SSSR count). The highest BCUT2D eigenvalue weighted by Crippen LogP contribution is 2.31. The van der Waals surface area contributed by atoms with Crippen molar-refractivity contribution in [2.75, 3.05) is 17.7 Å². The molecule has 0 aliphatic carbocycles. The van der Waals surface area contributed by atoms with E-state index in [-0.39, 0.29) is 5.91 Å². The van der Waals surface area contributed by atoms with Gasteiger partial charge in [0.1, 0.15) is 0 Å². The monoisotopic (exact) mass is 274 g/mol. The van der Waals surface area contributed by atoms with Crippen LogP contribution in [-0.4, -0.2) is 23.9 Å². The van der Waals surface area contributed by atoms with Gasteiger partial charge in [-0.1, -0.05) is 23.9 Å². The first-order chi connectivity index (χ1) is 9.26. The summed E-state index contributed by atoms with van der Waals surface area (Å²) in [5.74, 6) is 0.126. The van der Waals surface area contributed by atoms with Crippen molar-refractivity contribution in [3.63, 3.8) is 0 Å². The SMILES string of the molecule is CSC(=Nc1ccccc1N1CCCC1=O)NC#N. The third kappa shape index (κ3) is 3.06. The molecule has 1 N–H and O–H groups in total. The summed E-state index contributed by atoms with van der Waals surface area (Å²) in [5.41, 5.74) is 1.50. The molecule has 1 aliphatic rings. The van der Waals surface area contributed by atoms with Gasteiger partial charge in [-0.2, -0.15) is 5.26 Å². The van der Waals surface area contributed by atoms with Crippen LogP contribution in [0.4, 0.5) is 11.4 Å². The number of carbonyl (C=O) groups excluding carboxylic acids is 1. The lowest BCUT2D eigenvalue weighted by Crippen LogP contribution is -2.23. The number of nitriles is 1. The van der Waals surface area contributed by atoms with E-state index in [1.807, 2.05) is 36.7 Å². The first-order valence-electron chi connectivity index (χ1n) is 5.93. The highest BCUT2D eigenvalue weighted by atomic mass is 32.2. The summed E-state index contributed by atoms with van der Waals surface area (Å²) < 4.78 is 0. The molecule has 0 radical (unpaired) electrons. The average molecular weight is 274 g/mol. The van der Waals surface area contributed by atoms with E-state index in [9.17, 15) is 4.79 Å². The molecule has 0 bridgehead atoms. The molecule has 19 heavy (non-hydrogen) atoms. The number of nitrogens with zero attached hydrogens (tertiary/aromatic N) is 3. The molecular weight excluding hydrogens is 260 g/mol. The fraction of sp³-hybridized carbons (Fsp3) is 0.308. The molecule has 0 unspecified atom stereocenters. The van der Waals surface area contributed by atoms with Crippen LogP contribution in [0.25, 0.3) is 0 Å². The molecule has 1 fully saturated rings. The van der Waals surface area contributed by atoms with Crippen LogP contribution in [0.2, 0.25) is 0 Å². The average Bonchev–Trinajstić information content (AvgIpc) is 2.85. The summed E-state index contributed by atoms with van der Waals surface area (Å²) in [4.78, 5) is 18.0. The van der Waals surface area contributed by atoms with E-state index in [0.717, 1.165) is 18.7 Å². The highest BCUT2D eigenvalue weighted by molar-refractivity contribution is 8.13. The van der Waals surface area contributed by atoms with E-state index in [1.165, 1.54) is 11.8 Å². The minimum atomic E-state index is 0.126. The quantitative estimate of drug-likeness (QED) is 0.388. The van der Waals surface area contributed by atoms with Crippen molar-refractivity contribution in [1.29, 1.82) is 5.26 Å². The second-order valence-electron chi connectivity index (χ2n) is 4.00. The molecule has 0 spiro atoms. The van der Waals surface area contributed by atoms with E-state index < -0.39 is 0 Å². The van der Waals surface area contributed by atoms with Gasteiger partial charge >= 0.3 is 0 Å². The van der Waals surface area contributed by atoms with Gasteiger partial charge in [0, 0.05) is 13.0 Å². The molecule has 1 aromatic rings. The third-order valence-corrected chi connectivity index (χ3v) is 3.40. The first kappa shape index (κ1) is 13.4. The number of para-hydroxylation sites is 2. The molecule has 0 aromatic heterocycles. The summed E-state index contributed by atoms with van der Waals surface area (Å²) >= 11 is 1.35. The molecule has 1 amide bonds. The van der Waals surface area contributed by atoms with Crippen molar-refractivity contribution >= 4 is 34.2 Å². The molecule has 1 heterocycles. The van der Waals surface area contributed by atoms with Gasteiger partial charge in [0.2, 0.25) is 5.91 Å². The Morgan fingerprint density at radius 1 is 1.53 bits per heavy atom. The molecule has 0 atom stereocenters. The highest BCUT2D eigenvalue weighted by Gasteiger charge is 2.23. The number of hydrogen-bond donors (Lipinski definition) is 1. The van der Waals surface area contributed by atoms with Crippen molar-refractivity contribution in [2.45, 2.75) is 12.8 Å².